The molecule has 0 saturated carbocycles. The molecule has 0 heteroatoms. The van der Waals surface area contributed by atoms with Gasteiger partial charge in [-0.05, 0) is 46.9 Å². The van der Waals surface area contributed by atoms with Gasteiger partial charge in [-0.25, -0.2) is 0 Å². The summed E-state index contributed by atoms with van der Waals surface area (Å²) in [7, 11) is 0. The Morgan fingerprint density at radius 1 is 0.682 bits per heavy atom. The zero-order chi connectivity index (χ0) is 15.9. The Labute approximate surface area is 133 Å². The quantitative estimate of drug-likeness (QED) is 0.509. The van der Waals surface area contributed by atoms with E-state index in [-0.39, 0.29) is 0 Å². The monoisotopic (exact) mass is 286 g/mol. The van der Waals surface area contributed by atoms with E-state index in [1.54, 1.807) is 0 Å². The molecule has 3 aromatic carbocycles. The molecule has 0 saturated heterocycles. The number of rotatable bonds is 2. The third kappa shape index (κ3) is 3.53. The van der Waals surface area contributed by atoms with Gasteiger partial charge in [0, 0.05) is 0 Å². The highest BCUT2D eigenvalue weighted by Crippen LogP contribution is 2.18. The Morgan fingerprint density at radius 3 is 1.95 bits per heavy atom. The topological polar surface area (TPSA) is 0 Å². The molecule has 0 unspecified atom stereocenters. The normalized spacial score (nSPS) is 9.73. The number of hydrogen-bond donors (Lipinski definition) is 0. The van der Waals surface area contributed by atoms with E-state index in [1.807, 2.05) is 12.2 Å². The lowest BCUT2D eigenvalue weighted by Crippen LogP contribution is -1.83. The first-order chi connectivity index (χ1) is 10.7. The average molecular weight is 286 g/mol. The van der Waals surface area contributed by atoms with Crippen molar-refractivity contribution >= 4 is 22.9 Å². The summed E-state index contributed by atoms with van der Waals surface area (Å²) in [5, 5.41) is 2.55. The second kappa shape index (κ2) is 7.42. The fraction of sp³-hybridized carbons (Fsp3) is 0.0909. The molecule has 0 aromatic heterocycles. The molecule has 0 aliphatic heterocycles. The molecule has 0 aliphatic rings. The summed E-state index contributed by atoms with van der Waals surface area (Å²) in [6.45, 7) is 11.7. The van der Waals surface area contributed by atoms with Crippen LogP contribution in [0.4, 0.5) is 0 Å². The van der Waals surface area contributed by atoms with Crippen LogP contribution in [-0.2, 0) is 0 Å². The third-order valence-corrected chi connectivity index (χ3v) is 3.91. The predicted octanol–water partition coefficient (Wildman–Crippen LogP) is 6.43. The lowest BCUT2D eigenvalue weighted by atomic mass is 10.0. The molecular weight excluding hydrogens is 264 g/mol. The largest absolute Gasteiger partial charge is 0.0985 e. The third-order valence-electron chi connectivity index (χ3n) is 3.91. The molecule has 0 heterocycles. The van der Waals surface area contributed by atoms with Crippen LogP contribution in [0.15, 0.2) is 73.8 Å². The molecule has 0 nitrogen and oxygen atoms in total. The molecule has 0 atom stereocenters. The number of aryl methyl sites for hydroxylation is 1. The predicted molar refractivity (Wildman–Crippen MR) is 100 cm³/mol. The fourth-order valence-corrected chi connectivity index (χ4v) is 2.42. The van der Waals surface area contributed by atoms with Crippen LogP contribution < -0.4 is 0 Å². The molecule has 0 aliphatic carbocycles. The van der Waals surface area contributed by atoms with Crippen LogP contribution in [0.2, 0.25) is 0 Å². The average Bonchev–Trinajstić information content (AvgIpc) is 2.57. The second-order valence-electron chi connectivity index (χ2n) is 5.27. The van der Waals surface area contributed by atoms with Crippen molar-refractivity contribution in [2.75, 3.05) is 0 Å². The first-order valence-electron chi connectivity index (χ1n) is 7.46. The van der Waals surface area contributed by atoms with Crippen molar-refractivity contribution in [3.8, 4) is 0 Å². The smallest absolute Gasteiger partial charge is 0.0112 e. The lowest BCUT2D eigenvalue weighted by molar-refractivity contribution is 1.33. The van der Waals surface area contributed by atoms with Gasteiger partial charge in [-0.1, -0.05) is 86.0 Å². The van der Waals surface area contributed by atoms with Crippen LogP contribution in [0.5, 0.6) is 0 Å². The van der Waals surface area contributed by atoms with E-state index in [2.05, 4.69) is 87.7 Å². The van der Waals surface area contributed by atoms with Gasteiger partial charge in [0.15, 0.2) is 0 Å². The van der Waals surface area contributed by atoms with Crippen molar-refractivity contribution in [1.29, 1.82) is 0 Å². The van der Waals surface area contributed by atoms with E-state index < -0.39 is 0 Å². The zero-order valence-corrected chi connectivity index (χ0v) is 13.3. The van der Waals surface area contributed by atoms with Gasteiger partial charge in [0.2, 0.25) is 0 Å². The van der Waals surface area contributed by atoms with E-state index in [4.69, 9.17) is 0 Å². The first kappa shape index (κ1) is 15.8. The maximum Gasteiger partial charge on any atom is -0.0112 e. The molecule has 0 amide bonds. The van der Waals surface area contributed by atoms with Crippen molar-refractivity contribution in [3.05, 3.63) is 96.1 Å². The Balaban J connectivity index is 0.000000164. The van der Waals surface area contributed by atoms with Gasteiger partial charge in [0.05, 0.1) is 0 Å². The van der Waals surface area contributed by atoms with E-state index in [0.29, 0.717) is 0 Å². The Morgan fingerprint density at radius 2 is 1.27 bits per heavy atom. The van der Waals surface area contributed by atoms with E-state index >= 15 is 0 Å². The molecule has 0 spiro atoms. The zero-order valence-electron chi connectivity index (χ0n) is 13.3. The standard InChI is InChI=1S/C12H10.C10H12/c1-2-10-7-5-8-11-6-3-4-9-12(10)11;1-4-10-7-5-6-8(2)9(10)3/h2-9H,1H2;4-7H,1H2,2-3H3. The van der Waals surface area contributed by atoms with Crippen LogP contribution >= 0.6 is 0 Å². The first-order valence-corrected chi connectivity index (χ1v) is 7.46. The van der Waals surface area contributed by atoms with Gasteiger partial charge in [0.1, 0.15) is 0 Å². The van der Waals surface area contributed by atoms with Crippen molar-refractivity contribution in [1.82, 2.24) is 0 Å². The number of hydrogen-bond acceptors (Lipinski definition) is 0. The van der Waals surface area contributed by atoms with E-state index in [9.17, 15) is 0 Å². The maximum absolute atomic E-state index is 3.78. The minimum atomic E-state index is 1.20. The summed E-state index contributed by atoms with van der Waals surface area (Å²) in [4.78, 5) is 0. The van der Waals surface area contributed by atoms with Crippen LogP contribution in [0, 0.1) is 13.8 Å². The van der Waals surface area contributed by atoms with Crippen LogP contribution in [-0.4, -0.2) is 0 Å². The highest BCUT2D eigenvalue weighted by atomic mass is 14.0. The van der Waals surface area contributed by atoms with Crippen molar-refractivity contribution in [3.63, 3.8) is 0 Å². The van der Waals surface area contributed by atoms with Gasteiger partial charge in [-0.15, -0.1) is 0 Å². The summed E-state index contributed by atoms with van der Waals surface area (Å²) >= 11 is 0. The summed E-state index contributed by atoms with van der Waals surface area (Å²) in [6, 6.07) is 20.8. The van der Waals surface area contributed by atoms with Gasteiger partial charge in [-0.3, -0.25) is 0 Å². The molecule has 0 bridgehead atoms. The van der Waals surface area contributed by atoms with E-state index in [1.165, 1.54) is 33.0 Å². The molecule has 22 heavy (non-hydrogen) atoms. The van der Waals surface area contributed by atoms with Crippen LogP contribution in [0.1, 0.15) is 22.3 Å². The van der Waals surface area contributed by atoms with Gasteiger partial charge >= 0.3 is 0 Å². The Bertz CT molecular complexity index is 789. The van der Waals surface area contributed by atoms with Gasteiger partial charge in [-0.2, -0.15) is 0 Å². The number of benzene rings is 3. The van der Waals surface area contributed by atoms with Crippen LogP contribution in [0.3, 0.4) is 0 Å². The van der Waals surface area contributed by atoms with Crippen LogP contribution in [0.25, 0.3) is 22.9 Å². The van der Waals surface area contributed by atoms with Crippen molar-refractivity contribution in [2.45, 2.75) is 13.8 Å². The van der Waals surface area contributed by atoms with Gasteiger partial charge in [0.25, 0.3) is 0 Å². The maximum atomic E-state index is 3.78. The Kier molecular flexibility index (Phi) is 5.32. The van der Waals surface area contributed by atoms with Gasteiger partial charge < -0.3 is 0 Å². The molecule has 110 valence electrons. The highest BCUT2D eigenvalue weighted by Gasteiger charge is 1.94. The summed E-state index contributed by atoms with van der Waals surface area (Å²) in [6.07, 6.45) is 3.78. The highest BCUT2D eigenvalue weighted by molar-refractivity contribution is 5.90. The molecule has 0 radical (unpaired) electrons. The molecule has 0 N–H and O–H groups in total. The molecule has 0 fully saturated rings. The summed E-state index contributed by atoms with van der Waals surface area (Å²) in [5.41, 5.74) is 5.10. The number of fused-ring (bicyclic) bond motifs is 1. The summed E-state index contributed by atoms with van der Waals surface area (Å²) < 4.78 is 0. The fourth-order valence-electron chi connectivity index (χ4n) is 2.42. The SMILES string of the molecule is C=Cc1cccc(C)c1C.C=Cc1cccc2ccccc12. The molecular formula is C22H22. The molecule has 3 aromatic rings. The van der Waals surface area contributed by atoms with Crippen molar-refractivity contribution < 1.29 is 0 Å². The second-order valence-corrected chi connectivity index (χ2v) is 5.27. The van der Waals surface area contributed by atoms with Crippen molar-refractivity contribution in [2.24, 2.45) is 0 Å². The summed E-state index contributed by atoms with van der Waals surface area (Å²) in [5.74, 6) is 0. The molecule has 3 rings (SSSR count). The minimum absolute atomic E-state index is 1.20. The Hall–Kier alpha value is -2.60. The van der Waals surface area contributed by atoms with E-state index in [0.717, 1.165) is 0 Å². The minimum Gasteiger partial charge on any atom is -0.0985 e. The lowest BCUT2D eigenvalue weighted by Gasteiger charge is -2.01.